The Balaban J connectivity index is 2.23. The molecule has 0 bridgehead atoms. The molecule has 1 heterocycles. The second kappa shape index (κ2) is 6.20. The largest absolute Gasteiger partial charge is 0.496 e. The maximum Gasteiger partial charge on any atom is 0.128 e. The van der Waals surface area contributed by atoms with Crippen LogP contribution in [0.2, 0.25) is 0 Å². The van der Waals surface area contributed by atoms with Gasteiger partial charge in [0, 0.05) is 29.8 Å². The van der Waals surface area contributed by atoms with Crippen LogP contribution in [0.1, 0.15) is 42.5 Å². The van der Waals surface area contributed by atoms with Crippen LogP contribution >= 0.6 is 0 Å². The molecule has 1 unspecified atom stereocenters. The van der Waals surface area contributed by atoms with Gasteiger partial charge in [0.25, 0.3) is 0 Å². The number of rotatable bonds is 3. The summed E-state index contributed by atoms with van der Waals surface area (Å²) in [5.41, 5.74) is 10.9. The number of nitrogens with two attached hydrogens (primary N) is 1. The van der Waals surface area contributed by atoms with Gasteiger partial charge in [-0.15, -0.1) is 0 Å². The average Bonchev–Trinajstić information content (AvgIpc) is 2.58. The summed E-state index contributed by atoms with van der Waals surface area (Å²) >= 11 is 0. The standard InChI is InChI=1S/C16H24N2O/c1-11-10-18-15(12(2)16(11)19-3)9-13-6-4-5-7-14(17)8-13/h8,10,14H,4-7,9,17H2,1-3H3. The molecule has 0 saturated carbocycles. The Labute approximate surface area is 115 Å². The number of aromatic nitrogens is 1. The molecule has 0 amide bonds. The predicted octanol–water partition coefficient (Wildman–Crippen LogP) is 3.08. The third-order valence-corrected chi connectivity index (χ3v) is 3.88. The molecule has 1 atom stereocenters. The van der Waals surface area contributed by atoms with Gasteiger partial charge in [0.15, 0.2) is 0 Å². The molecule has 1 aromatic rings. The van der Waals surface area contributed by atoms with Crippen LogP contribution < -0.4 is 10.5 Å². The molecule has 2 N–H and O–H groups in total. The second-order valence-corrected chi connectivity index (χ2v) is 5.46. The Bertz CT molecular complexity index is 480. The maximum atomic E-state index is 6.08. The van der Waals surface area contributed by atoms with E-state index in [9.17, 15) is 0 Å². The lowest BCUT2D eigenvalue weighted by atomic mass is 10.0. The predicted molar refractivity (Wildman–Crippen MR) is 78.5 cm³/mol. The molecule has 3 nitrogen and oxygen atoms in total. The number of hydrogen-bond acceptors (Lipinski definition) is 3. The van der Waals surface area contributed by atoms with Gasteiger partial charge in [-0.1, -0.05) is 18.1 Å². The number of pyridine rings is 1. The van der Waals surface area contributed by atoms with E-state index in [0.717, 1.165) is 41.8 Å². The molecule has 1 aromatic heterocycles. The summed E-state index contributed by atoms with van der Waals surface area (Å²) in [4.78, 5) is 4.57. The summed E-state index contributed by atoms with van der Waals surface area (Å²) < 4.78 is 5.47. The molecule has 0 aliphatic heterocycles. The van der Waals surface area contributed by atoms with E-state index in [1.807, 2.05) is 13.1 Å². The maximum absolute atomic E-state index is 6.08. The van der Waals surface area contributed by atoms with Crippen molar-refractivity contribution in [2.45, 2.75) is 52.0 Å². The molecule has 104 valence electrons. The molecule has 2 rings (SSSR count). The minimum absolute atomic E-state index is 0.213. The first-order chi connectivity index (χ1) is 9.11. The summed E-state index contributed by atoms with van der Waals surface area (Å²) in [6.45, 7) is 4.12. The Kier molecular flexibility index (Phi) is 4.59. The zero-order chi connectivity index (χ0) is 13.8. The first-order valence-electron chi connectivity index (χ1n) is 7.06. The van der Waals surface area contributed by atoms with Crippen molar-refractivity contribution >= 4 is 0 Å². The van der Waals surface area contributed by atoms with Crippen molar-refractivity contribution in [3.05, 3.63) is 34.7 Å². The fourth-order valence-electron chi connectivity index (χ4n) is 2.81. The van der Waals surface area contributed by atoms with E-state index in [-0.39, 0.29) is 6.04 Å². The summed E-state index contributed by atoms with van der Waals surface area (Å²) in [5, 5.41) is 0. The van der Waals surface area contributed by atoms with Crippen LogP contribution in [0.3, 0.4) is 0 Å². The lowest BCUT2D eigenvalue weighted by Crippen LogP contribution is -2.16. The fraction of sp³-hybridized carbons (Fsp3) is 0.562. The summed E-state index contributed by atoms with van der Waals surface area (Å²) in [5.74, 6) is 0.962. The van der Waals surface area contributed by atoms with Gasteiger partial charge in [0.05, 0.1) is 12.8 Å². The van der Waals surface area contributed by atoms with E-state index >= 15 is 0 Å². The van der Waals surface area contributed by atoms with E-state index in [4.69, 9.17) is 10.5 Å². The van der Waals surface area contributed by atoms with Crippen LogP contribution in [0.25, 0.3) is 0 Å². The Morgan fingerprint density at radius 1 is 1.37 bits per heavy atom. The highest BCUT2D eigenvalue weighted by Crippen LogP contribution is 2.27. The molecule has 1 aliphatic rings. The molecule has 1 aliphatic carbocycles. The van der Waals surface area contributed by atoms with E-state index in [1.165, 1.54) is 18.4 Å². The molecule has 19 heavy (non-hydrogen) atoms. The first-order valence-corrected chi connectivity index (χ1v) is 7.06. The minimum Gasteiger partial charge on any atom is -0.496 e. The minimum atomic E-state index is 0.213. The van der Waals surface area contributed by atoms with Gasteiger partial charge in [-0.3, -0.25) is 4.98 Å². The van der Waals surface area contributed by atoms with E-state index in [2.05, 4.69) is 18.0 Å². The molecule has 0 spiro atoms. The Morgan fingerprint density at radius 2 is 2.16 bits per heavy atom. The first kappa shape index (κ1) is 14.1. The molecule has 0 saturated heterocycles. The van der Waals surface area contributed by atoms with E-state index in [0.29, 0.717) is 0 Å². The lowest BCUT2D eigenvalue weighted by molar-refractivity contribution is 0.407. The van der Waals surface area contributed by atoms with Crippen molar-refractivity contribution in [3.8, 4) is 5.75 Å². The third kappa shape index (κ3) is 3.35. The quantitative estimate of drug-likeness (QED) is 0.850. The summed E-state index contributed by atoms with van der Waals surface area (Å²) in [6, 6.07) is 0.213. The number of ether oxygens (including phenoxy) is 1. The van der Waals surface area contributed by atoms with Crippen LogP contribution in [0.5, 0.6) is 5.75 Å². The van der Waals surface area contributed by atoms with Crippen LogP contribution in [0.4, 0.5) is 0 Å². The second-order valence-electron chi connectivity index (χ2n) is 5.46. The smallest absolute Gasteiger partial charge is 0.128 e. The van der Waals surface area contributed by atoms with Crippen LogP contribution in [-0.2, 0) is 6.42 Å². The number of methoxy groups -OCH3 is 1. The van der Waals surface area contributed by atoms with Crippen LogP contribution in [-0.4, -0.2) is 18.1 Å². The molecular formula is C16H24N2O. The van der Waals surface area contributed by atoms with Gasteiger partial charge in [-0.2, -0.15) is 0 Å². The Morgan fingerprint density at radius 3 is 2.89 bits per heavy atom. The Hall–Kier alpha value is -1.35. The number of nitrogens with zero attached hydrogens (tertiary/aromatic N) is 1. The SMILES string of the molecule is COc1c(C)cnc(CC2=CC(N)CCCC2)c1C. The normalized spacial score (nSPS) is 19.8. The van der Waals surface area contributed by atoms with Gasteiger partial charge in [0.1, 0.15) is 5.75 Å². The average molecular weight is 260 g/mol. The zero-order valence-corrected chi connectivity index (χ0v) is 12.2. The van der Waals surface area contributed by atoms with Crippen molar-refractivity contribution in [2.24, 2.45) is 5.73 Å². The highest BCUT2D eigenvalue weighted by molar-refractivity contribution is 5.42. The van der Waals surface area contributed by atoms with Crippen molar-refractivity contribution < 1.29 is 4.74 Å². The molecule has 0 fully saturated rings. The van der Waals surface area contributed by atoms with Crippen molar-refractivity contribution in [2.75, 3.05) is 7.11 Å². The summed E-state index contributed by atoms with van der Waals surface area (Å²) in [6.07, 6.45) is 9.75. The molecule has 0 aromatic carbocycles. The summed E-state index contributed by atoms with van der Waals surface area (Å²) in [7, 11) is 1.72. The molecule has 0 radical (unpaired) electrons. The van der Waals surface area contributed by atoms with E-state index < -0.39 is 0 Å². The topological polar surface area (TPSA) is 48.1 Å². The van der Waals surface area contributed by atoms with Gasteiger partial charge >= 0.3 is 0 Å². The fourth-order valence-corrected chi connectivity index (χ4v) is 2.81. The van der Waals surface area contributed by atoms with Crippen molar-refractivity contribution in [1.29, 1.82) is 0 Å². The third-order valence-electron chi connectivity index (χ3n) is 3.88. The van der Waals surface area contributed by atoms with Crippen LogP contribution in [0.15, 0.2) is 17.8 Å². The monoisotopic (exact) mass is 260 g/mol. The highest BCUT2D eigenvalue weighted by Gasteiger charge is 2.13. The lowest BCUT2D eigenvalue weighted by Gasteiger charge is -2.13. The molecule has 3 heteroatoms. The van der Waals surface area contributed by atoms with Crippen molar-refractivity contribution in [1.82, 2.24) is 4.98 Å². The van der Waals surface area contributed by atoms with Gasteiger partial charge in [-0.25, -0.2) is 0 Å². The van der Waals surface area contributed by atoms with Crippen LogP contribution in [0, 0.1) is 13.8 Å². The van der Waals surface area contributed by atoms with Crippen molar-refractivity contribution in [3.63, 3.8) is 0 Å². The molecular weight excluding hydrogens is 236 g/mol. The van der Waals surface area contributed by atoms with Gasteiger partial charge in [0.2, 0.25) is 0 Å². The zero-order valence-electron chi connectivity index (χ0n) is 12.2. The number of allylic oxidation sites excluding steroid dienone is 1. The highest BCUT2D eigenvalue weighted by atomic mass is 16.5. The van der Waals surface area contributed by atoms with Gasteiger partial charge < -0.3 is 10.5 Å². The van der Waals surface area contributed by atoms with Gasteiger partial charge in [-0.05, 0) is 33.1 Å². The number of aryl methyl sites for hydroxylation is 1. The number of hydrogen-bond donors (Lipinski definition) is 1. The van der Waals surface area contributed by atoms with E-state index in [1.54, 1.807) is 7.11 Å².